The molecule has 2 aromatic heterocycles. The lowest BCUT2D eigenvalue weighted by atomic mass is 10.3. The van der Waals surface area contributed by atoms with Gasteiger partial charge in [0, 0.05) is 11.9 Å². The first kappa shape index (κ1) is 11.5. The highest BCUT2D eigenvalue weighted by molar-refractivity contribution is 7.11. The summed E-state index contributed by atoms with van der Waals surface area (Å²) in [7, 11) is 0. The predicted molar refractivity (Wildman–Crippen MR) is 66.6 cm³/mol. The average molecular weight is 249 g/mol. The van der Waals surface area contributed by atoms with Crippen LogP contribution in [0.25, 0.3) is 0 Å². The second kappa shape index (κ2) is 4.50. The molecule has 0 unspecified atom stereocenters. The minimum atomic E-state index is -0.316. The third kappa shape index (κ3) is 2.59. The summed E-state index contributed by atoms with van der Waals surface area (Å²) in [6.45, 7) is 3.60. The third-order valence-electron chi connectivity index (χ3n) is 2.19. The lowest BCUT2D eigenvalue weighted by Crippen LogP contribution is -2.12. The minimum absolute atomic E-state index is 0.232. The number of pyridine rings is 1. The molecular formula is C11H11N3O2S. The summed E-state index contributed by atoms with van der Waals surface area (Å²) in [4.78, 5) is 29.7. The van der Waals surface area contributed by atoms with Crippen molar-refractivity contribution in [3.8, 4) is 0 Å². The standard InChI is InChI=1S/C11H11N3O2S/c1-6-3-4-12-8(5-6)14-10(15)9-7(2)13-11(16)17-9/h3-5H,1-2H3,(H,13,16)(H,12,14,15). The summed E-state index contributed by atoms with van der Waals surface area (Å²) in [6.07, 6.45) is 1.62. The molecule has 5 nitrogen and oxygen atoms in total. The van der Waals surface area contributed by atoms with E-state index in [0.717, 1.165) is 16.9 Å². The molecule has 2 N–H and O–H groups in total. The number of carbonyl (C=O) groups is 1. The van der Waals surface area contributed by atoms with Gasteiger partial charge in [0.15, 0.2) is 0 Å². The van der Waals surface area contributed by atoms with Crippen molar-refractivity contribution < 1.29 is 4.79 Å². The van der Waals surface area contributed by atoms with Crippen LogP contribution in [0, 0.1) is 13.8 Å². The number of aromatic nitrogens is 2. The minimum Gasteiger partial charge on any atom is -0.316 e. The van der Waals surface area contributed by atoms with Crippen molar-refractivity contribution in [2.75, 3.05) is 5.32 Å². The van der Waals surface area contributed by atoms with Gasteiger partial charge in [-0.2, -0.15) is 0 Å². The molecular weight excluding hydrogens is 238 g/mol. The molecule has 0 saturated heterocycles. The van der Waals surface area contributed by atoms with E-state index in [1.807, 2.05) is 13.0 Å². The van der Waals surface area contributed by atoms with Gasteiger partial charge in [0.05, 0.1) is 0 Å². The molecule has 0 fully saturated rings. The van der Waals surface area contributed by atoms with Gasteiger partial charge in [-0.1, -0.05) is 11.3 Å². The average Bonchev–Trinajstić information content (AvgIpc) is 2.58. The number of aromatic amines is 1. The van der Waals surface area contributed by atoms with Crippen LogP contribution in [0.2, 0.25) is 0 Å². The fourth-order valence-electron chi connectivity index (χ4n) is 1.40. The molecule has 0 radical (unpaired) electrons. The highest BCUT2D eigenvalue weighted by Crippen LogP contribution is 2.12. The molecule has 0 bridgehead atoms. The monoisotopic (exact) mass is 249 g/mol. The van der Waals surface area contributed by atoms with E-state index in [1.54, 1.807) is 19.2 Å². The number of hydrogen-bond acceptors (Lipinski definition) is 4. The van der Waals surface area contributed by atoms with Gasteiger partial charge in [-0.05, 0) is 31.5 Å². The fourth-order valence-corrected chi connectivity index (χ4v) is 2.14. The molecule has 0 aliphatic heterocycles. The number of anilines is 1. The Morgan fingerprint density at radius 1 is 1.47 bits per heavy atom. The topological polar surface area (TPSA) is 74.8 Å². The van der Waals surface area contributed by atoms with Gasteiger partial charge in [-0.3, -0.25) is 9.59 Å². The lowest BCUT2D eigenvalue weighted by Gasteiger charge is -2.03. The molecule has 0 aromatic carbocycles. The van der Waals surface area contributed by atoms with Crippen LogP contribution in [0.5, 0.6) is 0 Å². The van der Waals surface area contributed by atoms with E-state index in [1.165, 1.54) is 0 Å². The van der Waals surface area contributed by atoms with Crippen molar-refractivity contribution in [1.29, 1.82) is 0 Å². The number of amides is 1. The van der Waals surface area contributed by atoms with Crippen LogP contribution in [0.1, 0.15) is 20.9 Å². The second-order valence-corrected chi connectivity index (χ2v) is 4.62. The maximum absolute atomic E-state index is 11.9. The van der Waals surface area contributed by atoms with Gasteiger partial charge in [-0.25, -0.2) is 4.98 Å². The number of aryl methyl sites for hydroxylation is 2. The van der Waals surface area contributed by atoms with E-state index in [-0.39, 0.29) is 10.8 Å². The van der Waals surface area contributed by atoms with Crippen LogP contribution in [0.4, 0.5) is 5.82 Å². The first-order chi connectivity index (χ1) is 8.06. The Hall–Kier alpha value is -1.95. The van der Waals surface area contributed by atoms with Crippen LogP contribution in [0.15, 0.2) is 23.1 Å². The fraction of sp³-hybridized carbons (Fsp3) is 0.182. The van der Waals surface area contributed by atoms with Gasteiger partial charge in [-0.15, -0.1) is 0 Å². The van der Waals surface area contributed by atoms with Crippen LogP contribution in [0.3, 0.4) is 0 Å². The van der Waals surface area contributed by atoms with Crippen LogP contribution in [-0.4, -0.2) is 15.9 Å². The quantitative estimate of drug-likeness (QED) is 0.850. The molecule has 6 heteroatoms. The molecule has 2 aromatic rings. The van der Waals surface area contributed by atoms with Crippen molar-refractivity contribution in [2.24, 2.45) is 0 Å². The Labute approximate surface area is 102 Å². The molecule has 0 atom stereocenters. The molecule has 17 heavy (non-hydrogen) atoms. The number of nitrogens with one attached hydrogen (secondary N) is 2. The summed E-state index contributed by atoms with van der Waals surface area (Å²) < 4.78 is 0. The second-order valence-electron chi connectivity index (χ2n) is 3.64. The van der Waals surface area contributed by atoms with E-state index in [4.69, 9.17) is 0 Å². The van der Waals surface area contributed by atoms with Gasteiger partial charge in [0.2, 0.25) is 0 Å². The number of carbonyl (C=O) groups excluding carboxylic acids is 1. The summed E-state index contributed by atoms with van der Waals surface area (Å²) >= 11 is 0.895. The Morgan fingerprint density at radius 3 is 2.82 bits per heavy atom. The van der Waals surface area contributed by atoms with E-state index in [9.17, 15) is 9.59 Å². The first-order valence-electron chi connectivity index (χ1n) is 5.00. The van der Waals surface area contributed by atoms with E-state index < -0.39 is 0 Å². The van der Waals surface area contributed by atoms with Gasteiger partial charge >= 0.3 is 4.87 Å². The smallest absolute Gasteiger partial charge is 0.305 e. The zero-order valence-corrected chi connectivity index (χ0v) is 10.2. The number of rotatable bonds is 2. The van der Waals surface area contributed by atoms with E-state index in [2.05, 4.69) is 15.3 Å². The highest BCUT2D eigenvalue weighted by Gasteiger charge is 2.13. The Morgan fingerprint density at radius 2 is 2.24 bits per heavy atom. The van der Waals surface area contributed by atoms with Crippen molar-refractivity contribution >= 4 is 23.1 Å². The SMILES string of the molecule is Cc1ccnc(NC(=O)c2sc(=O)[nH]c2C)c1. The Balaban J connectivity index is 2.23. The molecule has 1 amide bonds. The summed E-state index contributed by atoms with van der Waals surface area (Å²) in [5.41, 5.74) is 1.58. The van der Waals surface area contributed by atoms with Gasteiger partial charge in [0.1, 0.15) is 10.7 Å². The zero-order chi connectivity index (χ0) is 12.4. The number of H-pyrrole nitrogens is 1. The van der Waals surface area contributed by atoms with Crippen molar-refractivity contribution in [3.63, 3.8) is 0 Å². The summed E-state index contributed by atoms with van der Waals surface area (Å²) in [6, 6.07) is 3.61. The number of nitrogens with zero attached hydrogens (tertiary/aromatic N) is 1. The largest absolute Gasteiger partial charge is 0.316 e. The first-order valence-corrected chi connectivity index (χ1v) is 5.81. The molecule has 0 aliphatic carbocycles. The third-order valence-corrected chi connectivity index (χ3v) is 3.17. The molecule has 88 valence electrons. The van der Waals surface area contributed by atoms with Crippen molar-refractivity contribution in [1.82, 2.24) is 9.97 Å². The zero-order valence-electron chi connectivity index (χ0n) is 9.40. The molecule has 2 rings (SSSR count). The molecule has 0 spiro atoms. The summed E-state index contributed by atoms with van der Waals surface area (Å²) in [5.74, 6) is 0.166. The normalized spacial score (nSPS) is 10.2. The molecule has 2 heterocycles. The lowest BCUT2D eigenvalue weighted by molar-refractivity contribution is 0.102. The molecule has 0 aliphatic rings. The Kier molecular flexibility index (Phi) is 3.06. The molecule has 0 saturated carbocycles. The van der Waals surface area contributed by atoms with E-state index in [0.29, 0.717) is 16.4 Å². The summed E-state index contributed by atoms with van der Waals surface area (Å²) in [5, 5.41) is 2.65. The predicted octanol–water partition coefficient (Wildman–Crippen LogP) is 1.70. The van der Waals surface area contributed by atoms with Gasteiger partial charge in [0.25, 0.3) is 5.91 Å². The van der Waals surface area contributed by atoms with E-state index >= 15 is 0 Å². The van der Waals surface area contributed by atoms with Crippen molar-refractivity contribution in [2.45, 2.75) is 13.8 Å². The van der Waals surface area contributed by atoms with Gasteiger partial charge < -0.3 is 10.3 Å². The van der Waals surface area contributed by atoms with Crippen molar-refractivity contribution in [3.05, 3.63) is 44.1 Å². The Bertz CT molecular complexity index is 615. The van der Waals surface area contributed by atoms with Crippen LogP contribution < -0.4 is 10.2 Å². The number of hydrogen-bond donors (Lipinski definition) is 2. The van der Waals surface area contributed by atoms with Crippen LogP contribution in [-0.2, 0) is 0 Å². The van der Waals surface area contributed by atoms with Crippen LogP contribution >= 0.6 is 11.3 Å². The number of thiazole rings is 1. The maximum atomic E-state index is 11.9. The highest BCUT2D eigenvalue weighted by atomic mass is 32.1. The maximum Gasteiger partial charge on any atom is 0.305 e.